The number of benzene rings is 1. The van der Waals surface area contributed by atoms with E-state index in [0.29, 0.717) is 12.8 Å². The Bertz CT molecular complexity index is 513. The van der Waals surface area contributed by atoms with E-state index in [1.54, 1.807) is 18.2 Å². The number of hydrogen-bond donors (Lipinski definition) is 0. The van der Waals surface area contributed by atoms with Crippen molar-refractivity contribution in [3.63, 3.8) is 0 Å². The van der Waals surface area contributed by atoms with Crippen LogP contribution in [0.2, 0.25) is 0 Å². The topological polar surface area (TPSA) is 29.5 Å². The summed E-state index contributed by atoms with van der Waals surface area (Å²) in [6, 6.07) is 7.86. The number of para-hydroxylation sites is 1. The molecule has 1 amide bonds. The average molecular weight is 285 g/mol. The Hall–Kier alpha value is -1.72. The Morgan fingerprint density at radius 3 is 2.30 bits per heavy atom. The van der Waals surface area contributed by atoms with Crippen LogP contribution in [0.1, 0.15) is 19.3 Å². The smallest absolute Gasteiger partial charge is 0.449 e. The van der Waals surface area contributed by atoms with E-state index in [-0.39, 0.29) is 18.7 Å². The molecule has 1 aromatic rings. The summed E-state index contributed by atoms with van der Waals surface area (Å²) in [6.07, 6.45) is -2.78. The second kappa shape index (κ2) is 4.14. The Morgan fingerprint density at radius 2 is 1.85 bits per heavy atom. The quantitative estimate of drug-likeness (QED) is 0.799. The molecule has 1 saturated heterocycles. The van der Waals surface area contributed by atoms with Crippen molar-refractivity contribution in [1.82, 2.24) is 4.90 Å². The summed E-state index contributed by atoms with van der Waals surface area (Å²) in [5, 5.41) is 0. The third kappa shape index (κ3) is 1.50. The molecule has 0 bridgehead atoms. The molecule has 1 heterocycles. The normalized spacial score (nSPS) is 27.6. The second-order valence-corrected chi connectivity index (χ2v) is 5.42. The molecule has 1 aromatic carbocycles. The maximum atomic E-state index is 13.7. The van der Waals surface area contributed by atoms with E-state index in [1.165, 1.54) is 12.1 Å². The number of ether oxygens (including phenoxy) is 1. The largest absolute Gasteiger partial charge is 0.457 e. The van der Waals surface area contributed by atoms with Crippen LogP contribution in [-0.2, 0) is 4.79 Å². The Balaban J connectivity index is 2.02. The molecule has 1 aliphatic heterocycles. The van der Waals surface area contributed by atoms with Gasteiger partial charge in [-0.2, -0.15) is 13.2 Å². The van der Waals surface area contributed by atoms with Gasteiger partial charge in [0.15, 0.2) is 0 Å². The van der Waals surface area contributed by atoms with E-state index in [9.17, 15) is 18.0 Å². The van der Waals surface area contributed by atoms with Gasteiger partial charge in [-0.1, -0.05) is 24.6 Å². The fraction of sp³-hybridized carbons (Fsp3) is 0.500. The van der Waals surface area contributed by atoms with E-state index in [0.717, 1.165) is 11.3 Å². The summed E-state index contributed by atoms with van der Waals surface area (Å²) >= 11 is 0. The standard InChI is InChI=1S/C14H14F3NO2/c15-14(16,17)13(20-11-5-2-1-3-6-11)12(7-4-8-12)9-18(13)10-19/h1-3,5-6,10H,4,7-9H2. The third-order valence-corrected chi connectivity index (χ3v) is 4.43. The molecular weight excluding hydrogens is 271 g/mol. The maximum absolute atomic E-state index is 13.7. The zero-order valence-corrected chi connectivity index (χ0v) is 10.7. The van der Waals surface area contributed by atoms with Crippen LogP contribution in [0.3, 0.4) is 0 Å². The molecule has 0 aromatic heterocycles. The van der Waals surface area contributed by atoms with Gasteiger partial charge in [-0.3, -0.25) is 9.69 Å². The second-order valence-electron chi connectivity index (χ2n) is 5.42. The zero-order chi connectivity index (χ0) is 14.4. The van der Waals surface area contributed by atoms with Crippen molar-refractivity contribution < 1.29 is 22.7 Å². The molecule has 108 valence electrons. The predicted octanol–water partition coefficient (Wildman–Crippen LogP) is 2.97. The van der Waals surface area contributed by atoms with Gasteiger partial charge in [-0.25, -0.2) is 0 Å². The highest BCUT2D eigenvalue weighted by Crippen LogP contribution is 2.64. The van der Waals surface area contributed by atoms with Crippen LogP contribution in [0.5, 0.6) is 5.75 Å². The minimum atomic E-state index is -4.62. The average Bonchev–Trinajstić information content (AvgIpc) is 2.33. The van der Waals surface area contributed by atoms with Gasteiger partial charge in [0.2, 0.25) is 6.41 Å². The lowest BCUT2D eigenvalue weighted by molar-refractivity contribution is -0.399. The lowest BCUT2D eigenvalue weighted by Crippen LogP contribution is -2.84. The Morgan fingerprint density at radius 1 is 1.20 bits per heavy atom. The number of carbonyl (C=O) groups excluding carboxylic acids is 1. The van der Waals surface area contributed by atoms with E-state index in [4.69, 9.17) is 4.74 Å². The van der Waals surface area contributed by atoms with Gasteiger partial charge in [0, 0.05) is 6.54 Å². The number of alkyl halides is 3. The van der Waals surface area contributed by atoms with Gasteiger partial charge in [0.25, 0.3) is 5.72 Å². The van der Waals surface area contributed by atoms with E-state index >= 15 is 0 Å². The first-order valence-corrected chi connectivity index (χ1v) is 6.48. The molecule has 6 heteroatoms. The zero-order valence-electron chi connectivity index (χ0n) is 10.7. The molecule has 1 atom stereocenters. The monoisotopic (exact) mass is 285 g/mol. The number of amides is 1. The summed E-state index contributed by atoms with van der Waals surface area (Å²) in [6.45, 7) is 0.114. The first-order valence-electron chi connectivity index (χ1n) is 6.48. The lowest BCUT2D eigenvalue weighted by atomic mass is 9.55. The highest BCUT2D eigenvalue weighted by atomic mass is 19.4. The van der Waals surface area contributed by atoms with E-state index in [2.05, 4.69) is 0 Å². The summed E-state index contributed by atoms with van der Waals surface area (Å²) in [7, 11) is 0. The number of carbonyl (C=O) groups is 1. The van der Waals surface area contributed by atoms with Crippen LogP contribution in [0, 0.1) is 5.41 Å². The molecule has 1 saturated carbocycles. The van der Waals surface area contributed by atoms with Crippen LogP contribution in [0.25, 0.3) is 0 Å². The van der Waals surface area contributed by atoms with Gasteiger partial charge in [-0.15, -0.1) is 0 Å². The van der Waals surface area contributed by atoms with Gasteiger partial charge >= 0.3 is 6.18 Å². The first kappa shape index (κ1) is 13.3. The Kier molecular flexibility index (Phi) is 2.74. The van der Waals surface area contributed by atoms with Crippen LogP contribution in [0.15, 0.2) is 30.3 Å². The summed E-state index contributed by atoms with van der Waals surface area (Å²) < 4.78 is 46.3. The van der Waals surface area contributed by atoms with Crippen molar-refractivity contribution in [2.24, 2.45) is 5.41 Å². The van der Waals surface area contributed by atoms with Crippen LogP contribution in [0.4, 0.5) is 13.2 Å². The maximum Gasteiger partial charge on any atom is 0.449 e. The molecule has 1 spiro atoms. The number of hydrogen-bond acceptors (Lipinski definition) is 2. The number of rotatable bonds is 3. The van der Waals surface area contributed by atoms with Gasteiger partial charge in [0.1, 0.15) is 5.75 Å². The van der Waals surface area contributed by atoms with E-state index < -0.39 is 17.3 Å². The van der Waals surface area contributed by atoms with Crippen molar-refractivity contribution in [2.75, 3.05) is 6.54 Å². The third-order valence-electron chi connectivity index (χ3n) is 4.43. The molecular formula is C14H14F3NO2. The molecule has 0 radical (unpaired) electrons. The molecule has 3 rings (SSSR count). The van der Waals surface area contributed by atoms with Crippen LogP contribution >= 0.6 is 0 Å². The molecule has 2 aliphatic rings. The summed E-state index contributed by atoms with van der Waals surface area (Å²) in [4.78, 5) is 11.7. The SMILES string of the molecule is O=CN1CC2(CCC2)C1(Oc1ccccc1)C(F)(F)F. The van der Waals surface area contributed by atoms with Gasteiger partial charge in [0.05, 0.1) is 5.41 Å². The Labute approximate surface area is 114 Å². The minimum absolute atomic E-state index is 0.114. The van der Waals surface area contributed by atoms with Crippen LogP contribution in [-0.4, -0.2) is 29.8 Å². The minimum Gasteiger partial charge on any atom is -0.457 e. The highest BCUT2D eigenvalue weighted by Gasteiger charge is 2.80. The molecule has 0 N–H and O–H groups in total. The molecule has 1 aliphatic carbocycles. The van der Waals surface area contributed by atoms with E-state index in [1.807, 2.05) is 0 Å². The molecule has 20 heavy (non-hydrogen) atoms. The number of nitrogens with zero attached hydrogens (tertiary/aromatic N) is 1. The summed E-state index contributed by atoms with van der Waals surface area (Å²) in [5.41, 5.74) is -3.50. The van der Waals surface area contributed by atoms with Gasteiger partial charge < -0.3 is 4.74 Å². The van der Waals surface area contributed by atoms with Crippen molar-refractivity contribution in [2.45, 2.75) is 31.2 Å². The molecule has 2 fully saturated rings. The fourth-order valence-corrected chi connectivity index (χ4v) is 3.32. The number of likely N-dealkylation sites (tertiary alicyclic amines) is 1. The van der Waals surface area contributed by atoms with Crippen molar-refractivity contribution in [3.8, 4) is 5.75 Å². The van der Waals surface area contributed by atoms with Crippen molar-refractivity contribution in [1.29, 1.82) is 0 Å². The van der Waals surface area contributed by atoms with Crippen LogP contribution < -0.4 is 4.74 Å². The van der Waals surface area contributed by atoms with Crippen molar-refractivity contribution in [3.05, 3.63) is 30.3 Å². The first-order chi connectivity index (χ1) is 9.45. The van der Waals surface area contributed by atoms with Gasteiger partial charge in [-0.05, 0) is 25.0 Å². The molecule has 1 unspecified atom stereocenters. The highest BCUT2D eigenvalue weighted by molar-refractivity contribution is 5.53. The van der Waals surface area contributed by atoms with Crippen molar-refractivity contribution >= 4 is 6.41 Å². The fourth-order valence-electron chi connectivity index (χ4n) is 3.32. The summed E-state index contributed by atoms with van der Waals surface area (Å²) in [5.74, 6) is 0.127. The number of halogens is 3. The predicted molar refractivity (Wildman–Crippen MR) is 64.9 cm³/mol. The molecule has 3 nitrogen and oxygen atoms in total. The lowest BCUT2D eigenvalue weighted by Gasteiger charge is -2.67.